The summed E-state index contributed by atoms with van der Waals surface area (Å²) in [6.07, 6.45) is 1.99. The zero-order valence-corrected chi connectivity index (χ0v) is 15.3. The van der Waals surface area contributed by atoms with Gasteiger partial charge in [-0.25, -0.2) is 0 Å². The van der Waals surface area contributed by atoms with Crippen LogP contribution in [0.15, 0.2) is 67.3 Å². The van der Waals surface area contributed by atoms with Gasteiger partial charge in [0.1, 0.15) is 5.75 Å². The van der Waals surface area contributed by atoms with Gasteiger partial charge < -0.3 is 19.3 Å². The Morgan fingerprint density at radius 2 is 1.69 bits per heavy atom. The van der Waals surface area contributed by atoms with Crippen molar-refractivity contribution in [1.29, 1.82) is 0 Å². The van der Waals surface area contributed by atoms with Crippen LogP contribution in [0.5, 0.6) is 5.75 Å². The Bertz CT molecular complexity index is 624. The molecule has 0 fully saturated rings. The molecule has 2 atom stereocenters. The molecule has 0 saturated carbocycles. The molecule has 0 radical (unpaired) electrons. The first kappa shape index (κ1) is 20.2. The Morgan fingerprint density at radius 1 is 1.00 bits per heavy atom. The summed E-state index contributed by atoms with van der Waals surface area (Å²) in [6, 6.07) is 17.7. The van der Waals surface area contributed by atoms with Gasteiger partial charge in [0.05, 0.1) is 32.5 Å². The van der Waals surface area contributed by atoms with Crippen LogP contribution in [0.2, 0.25) is 0 Å². The summed E-state index contributed by atoms with van der Waals surface area (Å²) in [5.41, 5.74) is 2.16. The Kier molecular flexibility index (Phi) is 8.90. The molecule has 0 bridgehead atoms. The SMILES string of the molecule is C=CC[C@@H](OCc1ccc(OC)cc1)[C@@H](O)CCOCc1ccccc1. The van der Waals surface area contributed by atoms with Gasteiger partial charge in [-0.2, -0.15) is 0 Å². The van der Waals surface area contributed by atoms with Crippen LogP contribution in [-0.4, -0.2) is 31.0 Å². The van der Waals surface area contributed by atoms with Crippen molar-refractivity contribution in [3.63, 3.8) is 0 Å². The van der Waals surface area contributed by atoms with Crippen LogP contribution in [0.3, 0.4) is 0 Å². The molecule has 0 saturated heterocycles. The largest absolute Gasteiger partial charge is 0.497 e. The van der Waals surface area contributed by atoms with Crippen LogP contribution >= 0.6 is 0 Å². The standard InChI is InChI=1S/C22H28O4/c1-3-7-22(26-17-19-10-12-20(24-2)13-11-19)21(23)14-15-25-16-18-8-5-4-6-9-18/h3-6,8-13,21-23H,1,7,14-17H2,2H3/t21-,22+/m0/s1. The minimum absolute atomic E-state index is 0.296. The fourth-order valence-corrected chi connectivity index (χ4v) is 2.58. The number of methoxy groups -OCH3 is 1. The van der Waals surface area contributed by atoms with Crippen molar-refractivity contribution in [2.24, 2.45) is 0 Å². The lowest BCUT2D eigenvalue weighted by molar-refractivity contribution is -0.0562. The highest BCUT2D eigenvalue weighted by molar-refractivity contribution is 5.26. The van der Waals surface area contributed by atoms with Crippen molar-refractivity contribution in [3.8, 4) is 5.75 Å². The molecule has 0 aromatic heterocycles. The second-order valence-corrected chi connectivity index (χ2v) is 6.12. The summed E-state index contributed by atoms with van der Waals surface area (Å²) in [5, 5.41) is 10.4. The van der Waals surface area contributed by atoms with Crippen molar-refractivity contribution >= 4 is 0 Å². The lowest BCUT2D eigenvalue weighted by Crippen LogP contribution is -2.29. The van der Waals surface area contributed by atoms with E-state index in [2.05, 4.69) is 6.58 Å². The normalized spacial score (nSPS) is 13.2. The molecule has 0 heterocycles. The van der Waals surface area contributed by atoms with Gasteiger partial charge in [0.2, 0.25) is 0 Å². The summed E-state index contributed by atoms with van der Waals surface area (Å²) in [5.74, 6) is 0.812. The quantitative estimate of drug-likeness (QED) is 0.459. The molecular formula is C22H28O4. The summed E-state index contributed by atoms with van der Waals surface area (Å²) >= 11 is 0. The Balaban J connectivity index is 1.74. The number of aliphatic hydroxyl groups is 1. The van der Waals surface area contributed by atoms with Crippen molar-refractivity contribution < 1.29 is 19.3 Å². The minimum Gasteiger partial charge on any atom is -0.497 e. The third-order valence-corrected chi connectivity index (χ3v) is 4.12. The summed E-state index contributed by atoms with van der Waals surface area (Å²) in [7, 11) is 1.64. The predicted molar refractivity (Wildman–Crippen MR) is 103 cm³/mol. The Labute approximate surface area is 156 Å². The van der Waals surface area contributed by atoms with Crippen molar-refractivity contribution in [2.45, 2.75) is 38.3 Å². The van der Waals surface area contributed by atoms with Gasteiger partial charge in [-0.05, 0) is 36.1 Å². The number of ether oxygens (including phenoxy) is 3. The van der Waals surface area contributed by atoms with Gasteiger partial charge in [0.25, 0.3) is 0 Å². The van der Waals surface area contributed by atoms with Crippen LogP contribution in [0, 0.1) is 0 Å². The smallest absolute Gasteiger partial charge is 0.118 e. The van der Waals surface area contributed by atoms with Crippen molar-refractivity contribution in [1.82, 2.24) is 0 Å². The first-order valence-electron chi connectivity index (χ1n) is 8.88. The van der Waals surface area contributed by atoms with Gasteiger partial charge in [-0.1, -0.05) is 48.5 Å². The van der Waals surface area contributed by atoms with Gasteiger partial charge in [0.15, 0.2) is 0 Å². The van der Waals surface area contributed by atoms with E-state index in [1.165, 1.54) is 0 Å². The number of hydrogen-bond donors (Lipinski definition) is 1. The van der Waals surface area contributed by atoms with Crippen LogP contribution in [0.4, 0.5) is 0 Å². The topological polar surface area (TPSA) is 47.9 Å². The molecule has 0 aliphatic rings. The van der Waals surface area contributed by atoms with Crippen molar-refractivity contribution in [2.75, 3.05) is 13.7 Å². The average molecular weight is 356 g/mol. The molecular weight excluding hydrogens is 328 g/mol. The maximum Gasteiger partial charge on any atom is 0.118 e. The second kappa shape index (κ2) is 11.5. The molecule has 2 rings (SSSR count). The van der Waals surface area contributed by atoms with Gasteiger partial charge >= 0.3 is 0 Å². The van der Waals surface area contributed by atoms with Gasteiger partial charge in [0, 0.05) is 6.61 Å². The Hall–Kier alpha value is -2.14. The third-order valence-electron chi connectivity index (χ3n) is 4.12. The zero-order chi connectivity index (χ0) is 18.6. The highest BCUT2D eigenvalue weighted by Crippen LogP contribution is 2.16. The molecule has 4 heteroatoms. The first-order valence-corrected chi connectivity index (χ1v) is 8.88. The van der Waals surface area contributed by atoms with E-state index < -0.39 is 6.10 Å². The lowest BCUT2D eigenvalue weighted by atomic mass is 10.1. The van der Waals surface area contributed by atoms with Crippen LogP contribution in [0.25, 0.3) is 0 Å². The number of aliphatic hydroxyl groups excluding tert-OH is 1. The predicted octanol–water partition coefficient (Wildman–Crippen LogP) is 4.12. The van der Waals surface area contributed by atoms with E-state index in [-0.39, 0.29) is 6.10 Å². The van der Waals surface area contributed by atoms with E-state index in [1.807, 2.05) is 54.6 Å². The average Bonchev–Trinajstić information content (AvgIpc) is 2.69. The fraction of sp³-hybridized carbons (Fsp3) is 0.364. The molecule has 2 aromatic carbocycles. The van der Waals surface area contributed by atoms with E-state index in [9.17, 15) is 5.11 Å². The molecule has 0 amide bonds. The highest BCUT2D eigenvalue weighted by Gasteiger charge is 2.18. The van der Waals surface area contributed by atoms with Crippen LogP contribution < -0.4 is 4.74 Å². The molecule has 2 aromatic rings. The van der Waals surface area contributed by atoms with E-state index >= 15 is 0 Å². The molecule has 26 heavy (non-hydrogen) atoms. The number of hydrogen-bond acceptors (Lipinski definition) is 4. The minimum atomic E-state index is -0.595. The molecule has 0 spiro atoms. The second-order valence-electron chi connectivity index (χ2n) is 6.12. The monoisotopic (exact) mass is 356 g/mol. The molecule has 0 aliphatic carbocycles. The van der Waals surface area contributed by atoms with Gasteiger partial charge in [-0.15, -0.1) is 6.58 Å². The van der Waals surface area contributed by atoms with E-state index in [1.54, 1.807) is 13.2 Å². The Morgan fingerprint density at radius 3 is 2.35 bits per heavy atom. The number of benzene rings is 2. The van der Waals surface area contributed by atoms with Crippen LogP contribution in [-0.2, 0) is 22.7 Å². The molecule has 0 unspecified atom stereocenters. The number of rotatable bonds is 12. The molecule has 4 nitrogen and oxygen atoms in total. The van der Waals surface area contributed by atoms with Crippen molar-refractivity contribution in [3.05, 3.63) is 78.4 Å². The lowest BCUT2D eigenvalue weighted by Gasteiger charge is -2.22. The van der Waals surface area contributed by atoms with Crippen LogP contribution in [0.1, 0.15) is 24.0 Å². The van der Waals surface area contributed by atoms with Gasteiger partial charge in [-0.3, -0.25) is 0 Å². The maximum absolute atomic E-state index is 10.4. The first-order chi connectivity index (χ1) is 12.7. The third kappa shape index (κ3) is 7.00. The summed E-state index contributed by atoms with van der Waals surface area (Å²) < 4.78 is 16.7. The van der Waals surface area contributed by atoms with E-state index in [0.717, 1.165) is 16.9 Å². The van der Waals surface area contributed by atoms with E-state index in [0.29, 0.717) is 32.7 Å². The maximum atomic E-state index is 10.4. The zero-order valence-electron chi connectivity index (χ0n) is 15.3. The summed E-state index contributed by atoms with van der Waals surface area (Å²) in [6.45, 7) is 5.22. The highest BCUT2D eigenvalue weighted by atomic mass is 16.5. The molecule has 140 valence electrons. The molecule has 1 N–H and O–H groups in total. The summed E-state index contributed by atoms with van der Waals surface area (Å²) in [4.78, 5) is 0. The van der Waals surface area contributed by atoms with E-state index in [4.69, 9.17) is 14.2 Å². The molecule has 0 aliphatic heterocycles. The fourth-order valence-electron chi connectivity index (χ4n) is 2.58.